The number of H-pyrrole nitrogens is 1. The third kappa shape index (κ3) is 4.86. The molecule has 2 heterocycles. The number of alkyl halides is 1. The monoisotopic (exact) mass is 567 g/mol. The number of aromatic nitrogens is 2. The van der Waals surface area contributed by atoms with Gasteiger partial charge >= 0.3 is 0 Å². The summed E-state index contributed by atoms with van der Waals surface area (Å²) in [5.41, 5.74) is -0.487. The number of fused-ring (bicyclic) bond motifs is 1. The molecule has 0 unspecified atom stereocenters. The summed E-state index contributed by atoms with van der Waals surface area (Å²) in [5, 5.41) is 0.669. The highest BCUT2D eigenvalue weighted by Gasteiger charge is 2.23. The van der Waals surface area contributed by atoms with E-state index in [1.807, 2.05) is 4.72 Å². The smallest absolute Gasteiger partial charge is 0.232 e. The van der Waals surface area contributed by atoms with Crippen molar-refractivity contribution in [2.45, 2.75) is 12.8 Å². The quantitative estimate of drug-likeness (QED) is 0.378. The molecule has 0 spiro atoms. The Morgan fingerprint density at radius 1 is 1.23 bits per heavy atom. The van der Waals surface area contributed by atoms with Gasteiger partial charge in [0.1, 0.15) is 11.5 Å². The minimum absolute atomic E-state index is 0.274. The van der Waals surface area contributed by atoms with E-state index in [9.17, 15) is 26.4 Å². The third-order valence-corrected chi connectivity index (χ3v) is 7.46. The van der Waals surface area contributed by atoms with E-state index < -0.39 is 51.1 Å². The van der Waals surface area contributed by atoms with Crippen LogP contribution in [0.1, 0.15) is 22.3 Å². The molecule has 0 aliphatic heterocycles. The first-order chi connectivity index (χ1) is 14.1. The second-order valence-electron chi connectivity index (χ2n) is 6.34. The Morgan fingerprint density at radius 2 is 1.97 bits per heavy atom. The summed E-state index contributed by atoms with van der Waals surface area (Å²) in [7, 11) is -4.05. The largest absolute Gasteiger partial charge is 0.333 e. The molecule has 3 aromatic rings. The van der Waals surface area contributed by atoms with E-state index in [1.54, 1.807) is 6.07 Å². The zero-order chi connectivity index (χ0) is 22.1. The average Bonchev–Trinajstić information content (AvgIpc) is 2.96. The number of carbonyl (C=O) groups is 1. The number of benzene rings is 1. The summed E-state index contributed by atoms with van der Waals surface area (Å²) in [6.07, 6.45) is 0.767. The Kier molecular flexibility index (Phi) is 6.88. The van der Waals surface area contributed by atoms with E-state index in [-0.39, 0.29) is 12.8 Å². The number of halogens is 5. The van der Waals surface area contributed by atoms with Crippen molar-refractivity contribution in [3.8, 4) is 0 Å². The van der Waals surface area contributed by atoms with E-state index in [1.165, 1.54) is 6.20 Å². The molecule has 160 valence electrons. The lowest BCUT2D eigenvalue weighted by molar-refractivity contribution is 0.0985. The van der Waals surface area contributed by atoms with Crippen LogP contribution >= 0.6 is 31.9 Å². The van der Waals surface area contributed by atoms with Crippen LogP contribution in [0.4, 0.5) is 18.9 Å². The minimum atomic E-state index is -4.05. The molecule has 12 heteroatoms. The maximum absolute atomic E-state index is 14.8. The molecular weight excluding hydrogens is 555 g/mol. The van der Waals surface area contributed by atoms with E-state index in [0.717, 1.165) is 12.1 Å². The highest BCUT2D eigenvalue weighted by Crippen LogP contribution is 2.31. The van der Waals surface area contributed by atoms with Gasteiger partial charge in [-0.3, -0.25) is 13.9 Å². The first kappa shape index (κ1) is 22.8. The van der Waals surface area contributed by atoms with Crippen LogP contribution in [-0.4, -0.2) is 36.6 Å². The number of hydrogen-bond acceptors (Lipinski definition) is 4. The van der Waals surface area contributed by atoms with Crippen molar-refractivity contribution < 1.29 is 26.4 Å². The maximum Gasteiger partial charge on any atom is 0.232 e. The number of ketones is 1. The molecule has 0 saturated carbocycles. The van der Waals surface area contributed by atoms with E-state index in [0.29, 0.717) is 25.7 Å². The van der Waals surface area contributed by atoms with E-state index in [4.69, 9.17) is 0 Å². The maximum atomic E-state index is 14.8. The molecule has 0 aliphatic rings. The summed E-state index contributed by atoms with van der Waals surface area (Å²) in [5.74, 6) is -3.91. The van der Waals surface area contributed by atoms with Crippen molar-refractivity contribution in [3.05, 3.63) is 56.2 Å². The van der Waals surface area contributed by atoms with Crippen molar-refractivity contribution in [2.24, 2.45) is 0 Å². The number of aromatic amines is 1. The van der Waals surface area contributed by atoms with Gasteiger partial charge in [-0.05, 0) is 62.0 Å². The summed E-state index contributed by atoms with van der Waals surface area (Å²) in [6.45, 7) is -0.858. The van der Waals surface area contributed by atoms with Gasteiger partial charge in [0.15, 0.2) is 11.6 Å². The van der Waals surface area contributed by atoms with Crippen LogP contribution in [0.5, 0.6) is 0 Å². The highest BCUT2D eigenvalue weighted by atomic mass is 79.9. The van der Waals surface area contributed by atoms with Crippen molar-refractivity contribution in [2.75, 3.05) is 17.1 Å². The molecule has 0 radical (unpaired) electrons. The number of hydrogen-bond donors (Lipinski definition) is 2. The van der Waals surface area contributed by atoms with Crippen LogP contribution in [0, 0.1) is 11.6 Å². The summed E-state index contributed by atoms with van der Waals surface area (Å²) in [4.78, 5) is 19.7. The standard InChI is InChI=1S/C18H14Br2F3N3O3S/c19-15-10-6-9(8-24-18(10)25-17(15)20)7-13(27)14-11(22)2-3-12(16(14)23)26-30(28,29)5-1-4-21/h2-3,6,8,26H,1,4-5,7H2,(H,24,25). The topological polar surface area (TPSA) is 91.9 Å². The van der Waals surface area contributed by atoms with Gasteiger partial charge in [-0.15, -0.1) is 0 Å². The number of carbonyl (C=O) groups excluding carboxylic acids is 1. The lowest BCUT2D eigenvalue weighted by Gasteiger charge is -2.11. The Labute approximate surface area is 186 Å². The zero-order valence-electron chi connectivity index (χ0n) is 15.1. The summed E-state index contributed by atoms with van der Waals surface area (Å²) in [6, 6.07) is 3.31. The number of nitrogens with one attached hydrogen (secondary N) is 2. The van der Waals surface area contributed by atoms with Crippen LogP contribution in [0.15, 0.2) is 33.5 Å². The van der Waals surface area contributed by atoms with Crippen molar-refractivity contribution >= 4 is 64.4 Å². The van der Waals surface area contributed by atoms with Crippen molar-refractivity contribution in [1.29, 1.82) is 0 Å². The number of Topliss-reactive ketones (excluding diaryl/α,β-unsaturated/α-hetero) is 1. The first-order valence-corrected chi connectivity index (χ1v) is 11.8. The third-order valence-electron chi connectivity index (χ3n) is 4.15. The van der Waals surface area contributed by atoms with Gasteiger partial charge in [-0.1, -0.05) is 0 Å². The Hall–Kier alpha value is -1.92. The van der Waals surface area contributed by atoms with Crippen molar-refractivity contribution in [3.63, 3.8) is 0 Å². The van der Waals surface area contributed by atoms with Crippen molar-refractivity contribution in [1.82, 2.24) is 9.97 Å². The predicted octanol–water partition coefficient (Wildman–Crippen LogP) is 4.89. The number of anilines is 1. The molecule has 3 rings (SSSR count). The van der Waals surface area contributed by atoms with Crippen LogP contribution in [0.3, 0.4) is 0 Å². The Bertz CT molecular complexity index is 1230. The van der Waals surface area contributed by atoms with E-state index >= 15 is 0 Å². The molecular formula is C18H14Br2F3N3O3S. The number of pyridine rings is 1. The minimum Gasteiger partial charge on any atom is -0.333 e. The van der Waals surface area contributed by atoms with Gasteiger partial charge in [0, 0.05) is 18.0 Å². The Balaban J connectivity index is 1.89. The SMILES string of the molecule is O=C(Cc1cnc2[nH]c(Br)c(Br)c2c1)c1c(F)ccc(NS(=O)(=O)CCCF)c1F. The van der Waals surface area contributed by atoms with Gasteiger partial charge in [-0.25, -0.2) is 22.2 Å². The van der Waals surface area contributed by atoms with Crippen LogP contribution < -0.4 is 4.72 Å². The fourth-order valence-corrected chi connectivity index (χ4v) is 4.66. The molecule has 0 amide bonds. The van der Waals surface area contributed by atoms with Gasteiger partial charge in [-0.2, -0.15) is 0 Å². The van der Waals surface area contributed by atoms with Crippen LogP contribution in [-0.2, 0) is 16.4 Å². The van der Waals surface area contributed by atoms with Gasteiger partial charge in [0.25, 0.3) is 0 Å². The normalized spacial score (nSPS) is 11.8. The number of rotatable bonds is 8. The molecule has 30 heavy (non-hydrogen) atoms. The van der Waals surface area contributed by atoms with E-state index in [2.05, 4.69) is 41.8 Å². The highest BCUT2D eigenvalue weighted by molar-refractivity contribution is 9.13. The zero-order valence-corrected chi connectivity index (χ0v) is 19.1. The van der Waals surface area contributed by atoms with Gasteiger partial charge in [0.05, 0.1) is 32.8 Å². The molecule has 6 nitrogen and oxygen atoms in total. The van der Waals surface area contributed by atoms with Gasteiger partial charge in [0.2, 0.25) is 10.0 Å². The van der Waals surface area contributed by atoms with Gasteiger partial charge < -0.3 is 4.98 Å². The van der Waals surface area contributed by atoms with Crippen LogP contribution in [0.2, 0.25) is 0 Å². The molecule has 0 fully saturated rings. The molecule has 0 bridgehead atoms. The fraction of sp³-hybridized carbons (Fsp3) is 0.222. The molecule has 0 atom stereocenters. The van der Waals surface area contributed by atoms with Crippen LogP contribution in [0.25, 0.3) is 11.0 Å². The molecule has 2 aromatic heterocycles. The lowest BCUT2D eigenvalue weighted by atomic mass is 10.0. The molecule has 0 aliphatic carbocycles. The predicted molar refractivity (Wildman–Crippen MR) is 114 cm³/mol. The second kappa shape index (κ2) is 9.06. The molecule has 2 N–H and O–H groups in total. The summed E-state index contributed by atoms with van der Waals surface area (Å²) < 4.78 is 68.2. The fourth-order valence-electron chi connectivity index (χ4n) is 2.77. The lowest BCUT2D eigenvalue weighted by Crippen LogP contribution is -2.19. The summed E-state index contributed by atoms with van der Waals surface area (Å²) >= 11 is 6.66. The molecule has 0 saturated heterocycles. The average molecular weight is 569 g/mol. The number of nitrogens with zero attached hydrogens (tertiary/aromatic N) is 1. The molecule has 1 aromatic carbocycles. The Morgan fingerprint density at radius 3 is 2.67 bits per heavy atom. The number of sulfonamides is 1. The first-order valence-electron chi connectivity index (χ1n) is 8.52. The second-order valence-corrected chi connectivity index (χ2v) is 9.77.